The number of halogens is 1. The van der Waals surface area contributed by atoms with Gasteiger partial charge in [-0.05, 0) is 60.6 Å². The van der Waals surface area contributed by atoms with Crippen molar-refractivity contribution in [1.82, 2.24) is 9.97 Å². The molecule has 2 fully saturated rings. The van der Waals surface area contributed by atoms with Crippen LogP contribution < -0.4 is 4.90 Å². The summed E-state index contributed by atoms with van der Waals surface area (Å²) in [7, 11) is 0. The van der Waals surface area contributed by atoms with Gasteiger partial charge in [0.05, 0.1) is 5.39 Å². The second kappa shape index (κ2) is 6.93. The number of rotatable bonds is 3. The van der Waals surface area contributed by atoms with Crippen molar-refractivity contribution in [2.24, 2.45) is 10.8 Å². The van der Waals surface area contributed by atoms with Gasteiger partial charge in [-0.25, -0.2) is 4.98 Å². The molecule has 0 amide bonds. The van der Waals surface area contributed by atoms with Gasteiger partial charge in [0.25, 0.3) is 0 Å². The molecule has 1 aliphatic heterocycles. The van der Waals surface area contributed by atoms with Crippen molar-refractivity contribution in [3.05, 3.63) is 40.0 Å². The molecule has 30 heavy (non-hydrogen) atoms. The maximum absolute atomic E-state index is 6.47. The van der Waals surface area contributed by atoms with Crippen molar-refractivity contribution in [3.8, 4) is 11.1 Å². The first-order valence-electron chi connectivity index (χ1n) is 11.0. The van der Waals surface area contributed by atoms with Crippen LogP contribution in [-0.2, 0) is 6.42 Å². The van der Waals surface area contributed by atoms with E-state index in [0.29, 0.717) is 22.2 Å². The maximum Gasteiger partial charge on any atom is 0.225 e. The number of thiophene rings is 1. The van der Waals surface area contributed by atoms with Gasteiger partial charge in [0.15, 0.2) is 0 Å². The second-order valence-electron chi connectivity index (χ2n) is 10.5. The topological polar surface area (TPSA) is 29.0 Å². The van der Waals surface area contributed by atoms with Crippen LogP contribution in [0.2, 0.25) is 5.28 Å². The van der Waals surface area contributed by atoms with Crippen LogP contribution in [0.1, 0.15) is 57.4 Å². The first-order chi connectivity index (χ1) is 14.2. The summed E-state index contributed by atoms with van der Waals surface area (Å²) in [6.45, 7) is 12.7. The maximum atomic E-state index is 6.47. The molecular formula is C25H30ClN3S. The molecule has 2 atom stereocenters. The summed E-state index contributed by atoms with van der Waals surface area (Å²) in [6, 6.07) is 9.38. The fourth-order valence-electron chi connectivity index (χ4n) is 6.19. The van der Waals surface area contributed by atoms with E-state index in [1.165, 1.54) is 46.2 Å². The van der Waals surface area contributed by atoms with Gasteiger partial charge in [-0.3, -0.25) is 0 Å². The average molecular weight is 440 g/mol. The predicted molar refractivity (Wildman–Crippen MR) is 129 cm³/mol. The molecule has 1 saturated carbocycles. The summed E-state index contributed by atoms with van der Waals surface area (Å²) in [5, 5.41) is 1.56. The van der Waals surface area contributed by atoms with Gasteiger partial charge in [0.2, 0.25) is 5.28 Å². The van der Waals surface area contributed by atoms with Crippen molar-refractivity contribution in [2.75, 3.05) is 11.4 Å². The van der Waals surface area contributed by atoms with Crippen LogP contribution in [0.25, 0.3) is 21.3 Å². The Morgan fingerprint density at radius 2 is 1.87 bits per heavy atom. The van der Waals surface area contributed by atoms with Crippen molar-refractivity contribution in [3.63, 3.8) is 0 Å². The normalized spacial score (nSPS) is 25.3. The summed E-state index contributed by atoms with van der Waals surface area (Å²) >= 11 is 8.24. The Morgan fingerprint density at radius 1 is 1.13 bits per heavy atom. The summed E-state index contributed by atoms with van der Waals surface area (Å²) in [5.74, 6) is 1.04. The van der Waals surface area contributed by atoms with E-state index in [-0.39, 0.29) is 0 Å². The fraction of sp³-hybridized carbons (Fsp3) is 0.520. The predicted octanol–water partition coefficient (Wildman–Crippen LogP) is 7.29. The highest BCUT2D eigenvalue weighted by Crippen LogP contribution is 2.55. The minimum Gasteiger partial charge on any atom is -0.352 e. The van der Waals surface area contributed by atoms with Crippen molar-refractivity contribution in [1.29, 1.82) is 0 Å². The van der Waals surface area contributed by atoms with Gasteiger partial charge < -0.3 is 4.90 Å². The fourth-order valence-corrected chi connectivity index (χ4v) is 7.54. The van der Waals surface area contributed by atoms with E-state index in [9.17, 15) is 0 Å². The number of aryl methyl sites for hydroxylation is 2. The van der Waals surface area contributed by atoms with E-state index in [2.05, 4.69) is 68.8 Å². The summed E-state index contributed by atoms with van der Waals surface area (Å²) in [5.41, 5.74) is 4.54. The zero-order valence-corrected chi connectivity index (χ0v) is 20.1. The molecule has 3 heterocycles. The molecule has 3 aromatic rings. The van der Waals surface area contributed by atoms with Crippen LogP contribution in [0.3, 0.4) is 0 Å². The molecule has 3 nitrogen and oxygen atoms in total. The Kier molecular flexibility index (Phi) is 4.68. The third-order valence-electron chi connectivity index (χ3n) is 6.93. The molecular weight excluding hydrogens is 410 g/mol. The van der Waals surface area contributed by atoms with E-state index in [4.69, 9.17) is 16.6 Å². The van der Waals surface area contributed by atoms with Crippen LogP contribution in [-0.4, -0.2) is 22.6 Å². The van der Waals surface area contributed by atoms with Crippen LogP contribution in [0.4, 0.5) is 5.82 Å². The quantitative estimate of drug-likeness (QED) is 0.401. The van der Waals surface area contributed by atoms with E-state index in [0.717, 1.165) is 23.6 Å². The zero-order chi connectivity index (χ0) is 21.3. The number of anilines is 1. The molecule has 158 valence electrons. The number of aromatic nitrogens is 2. The molecule has 0 radical (unpaired) electrons. The lowest BCUT2D eigenvalue weighted by Crippen LogP contribution is -2.35. The van der Waals surface area contributed by atoms with E-state index in [1.54, 1.807) is 11.3 Å². The standard InChI is InChI=1S/C25H30ClN3S/c1-6-18-19(16-9-7-15(2)8-10-16)20-21(27-23(26)28-22(20)30-18)29-14-25(5)12-17(29)11-24(3,4)13-25/h7-10,17H,6,11-14H2,1-5H3. The minimum atomic E-state index is 0.337. The molecule has 5 rings (SSSR count). The molecule has 0 N–H and O–H groups in total. The highest BCUT2D eigenvalue weighted by Gasteiger charge is 2.50. The lowest BCUT2D eigenvalue weighted by molar-refractivity contribution is 0.136. The van der Waals surface area contributed by atoms with Gasteiger partial charge >= 0.3 is 0 Å². The van der Waals surface area contributed by atoms with Gasteiger partial charge in [0.1, 0.15) is 10.6 Å². The SMILES string of the molecule is CCc1sc2nc(Cl)nc(N3CC4(C)CC3CC(C)(C)C4)c2c1-c1ccc(C)cc1. The molecule has 2 bridgehead atoms. The first kappa shape index (κ1) is 20.3. The molecule has 2 aliphatic rings. The smallest absolute Gasteiger partial charge is 0.225 e. The second-order valence-corrected chi connectivity index (χ2v) is 11.9. The van der Waals surface area contributed by atoms with E-state index >= 15 is 0 Å². The van der Waals surface area contributed by atoms with Crippen LogP contribution in [0.5, 0.6) is 0 Å². The van der Waals surface area contributed by atoms with Gasteiger partial charge in [-0.1, -0.05) is 57.5 Å². The molecule has 2 aromatic heterocycles. The van der Waals surface area contributed by atoms with Crippen molar-refractivity contribution < 1.29 is 0 Å². The highest BCUT2D eigenvalue weighted by atomic mass is 35.5. The molecule has 1 aromatic carbocycles. The highest BCUT2D eigenvalue weighted by molar-refractivity contribution is 7.19. The monoisotopic (exact) mass is 439 g/mol. The molecule has 1 saturated heterocycles. The van der Waals surface area contributed by atoms with Crippen LogP contribution in [0, 0.1) is 17.8 Å². The number of fused-ring (bicyclic) bond motifs is 3. The van der Waals surface area contributed by atoms with Gasteiger partial charge in [0, 0.05) is 23.0 Å². The number of benzene rings is 1. The Labute approximate surface area is 188 Å². The lowest BCUT2D eigenvalue weighted by atomic mass is 9.65. The Hall–Kier alpha value is -1.65. The Bertz CT molecular complexity index is 1120. The van der Waals surface area contributed by atoms with E-state index in [1.807, 2.05) is 0 Å². The van der Waals surface area contributed by atoms with Gasteiger partial charge in [-0.2, -0.15) is 4.98 Å². The number of nitrogens with zero attached hydrogens (tertiary/aromatic N) is 3. The minimum absolute atomic E-state index is 0.337. The zero-order valence-electron chi connectivity index (χ0n) is 18.6. The largest absolute Gasteiger partial charge is 0.352 e. The molecule has 5 heteroatoms. The molecule has 1 aliphatic carbocycles. The average Bonchev–Trinajstić information content (AvgIpc) is 3.14. The van der Waals surface area contributed by atoms with Gasteiger partial charge in [-0.15, -0.1) is 11.3 Å². The third kappa shape index (κ3) is 3.33. The van der Waals surface area contributed by atoms with E-state index < -0.39 is 0 Å². The summed E-state index contributed by atoms with van der Waals surface area (Å²) in [4.78, 5) is 14.5. The lowest BCUT2D eigenvalue weighted by Gasteiger charge is -2.39. The summed E-state index contributed by atoms with van der Waals surface area (Å²) in [6.07, 6.45) is 4.69. The van der Waals surface area contributed by atoms with Crippen LogP contribution in [0.15, 0.2) is 24.3 Å². The number of hydrogen-bond donors (Lipinski definition) is 0. The van der Waals surface area contributed by atoms with Crippen molar-refractivity contribution >= 4 is 39.0 Å². The number of hydrogen-bond acceptors (Lipinski definition) is 4. The van der Waals surface area contributed by atoms with Crippen LogP contribution >= 0.6 is 22.9 Å². The Morgan fingerprint density at radius 3 is 2.57 bits per heavy atom. The Balaban J connectivity index is 1.73. The summed E-state index contributed by atoms with van der Waals surface area (Å²) < 4.78 is 0. The first-order valence-corrected chi connectivity index (χ1v) is 12.2. The third-order valence-corrected chi connectivity index (χ3v) is 8.32. The molecule has 0 spiro atoms. The van der Waals surface area contributed by atoms with Crippen molar-refractivity contribution in [2.45, 2.75) is 66.3 Å². The molecule has 2 unspecified atom stereocenters.